The van der Waals surface area contributed by atoms with Gasteiger partial charge in [-0.1, -0.05) is 37.4 Å². The van der Waals surface area contributed by atoms with Crippen molar-refractivity contribution in [1.82, 2.24) is 4.98 Å². The van der Waals surface area contributed by atoms with Crippen LogP contribution in [0.2, 0.25) is 0 Å². The largest absolute Gasteiger partial charge is 0.497 e. The van der Waals surface area contributed by atoms with Crippen molar-refractivity contribution in [2.45, 2.75) is 32.6 Å². The number of aromatic amines is 1. The minimum atomic E-state index is 0.917. The van der Waals surface area contributed by atoms with Gasteiger partial charge in [0.25, 0.3) is 0 Å². The van der Waals surface area contributed by atoms with Gasteiger partial charge < -0.3 is 9.72 Å². The van der Waals surface area contributed by atoms with Crippen molar-refractivity contribution < 1.29 is 4.74 Å². The number of hydrogen-bond acceptors (Lipinski definition) is 1. The van der Waals surface area contributed by atoms with Crippen molar-refractivity contribution in [2.75, 3.05) is 7.11 Å². The summed E-state index contributed by atoms with van der Waals surface area (Å²) in [7, 11) is 1.70. The predicted molar refractivity (Wildman–Crippen MR) is 103 cm³/mol. The number of nitrogens with one attached hydrogen (secondary N) is 1. The highest BCUT2D eigenvalue weighted by Crippen LogP contribution is 2.19. The van der Waals surface area contributed by atoms with Crippen LogP contribution in [0.25, 0.3) is 5.57 Å². The molecule has 0 atom stereocenters. The summed E-state index contributed by atoms with van der Waals surface area (Å²) in [5.41, 5.74) is 6.03. The minimum Gasteiger partial charge on any atom is -0.497 e. The van der Waals surface area contributed by atoms with Gasteiger partial charge in [-0.05, 0) is 73.1 Å². The fourth-order valence-electron chi connectivity index (χ4n) is 2.67. The molecule has 0 radical (unpaired) electrons. The molecule has 0 fully saturated rings. The molecule has 126 valence electrons. The normalized spacial score (nSPS) is 11.3. The van der Waals surface area contributed by atoms with Gasteiger partial charge in [-0.15, -0.1) is 0 Å². The SMILES string of the molecule is C=CC(=C)/C=C(\C)c1c[nH]c(CCCCc2ccc(OC)cc2)c1. The Bertz CT molecular complexity index is 704. The highest BCUT2D eigenvalue weighted by Gasteiger charge is 2.02. The molecular formula is C22H27NO. The Labute approximate surface area is 145 Å². The van der Waals surface area contributed by atoms with E-state index in [1.165, 1.54) is 35.2 Å². The number of allylic oxidation sites excluding steroid dienone is 4. The Morgan fingerprint density at radius 2 is 1.88 bits per heavy atom. The lowest BCUT2D eigenvalue weighted by Gasteiger charge is -2.03. The van der Waals surface area contributed by atoms with Crippen LogP contribution in [0.5, 0.6) is 5.75 Å². The Balaban J connectivity index is 1.79. The predicted octanol–water partition coefficient (Wildman–Crippen LogP) is 5.73. The summed E-state index contributed by atoms with van der Waals surface area (Å²) < 4.78 is 5.19. The van der Waals surface area contributed by atoms with Crippen LogP contribution >= 0.6 is 0 Å². The first kappa shape index (κ1) is 17.9. The van der Waals surface area contributed by atoms with Gasteiger partial charge in [-0.3, -0.25) is 0 Å². The average molecular weight is 321 g/mol. The number of aryl methyl sites for hydroxylation is 2. The molecule has 2 nitrogen and oxygen atoms in total. The van der Waals surface area contributed by atoms with Gasteiger partial charge in [0.1, 0.15) is 5.75 Å². The second-order valence-corrected chi connectivity index (χ2v) is 6.08. The minimum absolute atomic E-state index is 0.917. The summed E-state index contributed by atoms with van der Waals surface area (Å²) in [4.78, 5) is 3.38. The van der Waals surface area contributed by atoms with E-state index in [1.54, 1.807) is 13.2 Å². The molecule has 2 heteroatoms. The number of unbranched alkanes of at least 4 members (excludes halogenated alkanes) is 1. The molecule has 0 amide bonds. The average Bonchev–Trinajstić information content (AvgIpc) is 3.08. The first-order valence-corrected chi connectivity index (χ1v) is 8.42. The molecule has 1 N–H and O–H groups in total. The van der Waals surface area contributed by atoms with Gasteiger partial charge in [0, 0.05) is 11.9 Å². The first-order chi connectivity index (χ1) is 11.6. The fourth-order valence-corrected chi connectivity index (χ4v) is 2.67. The number of ether oxygens (including phenoxy) is 1. The number of methoxy groups -OCH3 is 1. The Kier molecular flexibility index (Phi) is 6.68. The third-order valence-corrected chi connectivity index (χ3v) is 4.18. The molecular weight excluding hydrogens is 294 g/mol. The van der Waals surface area contributed by atoms with E-state index in [9.17, 15) is 0 Å². The molecule has 1 heterocycles. The third-order valence-electron chi connectivity index (χ3n) is 4.18. The Morgan fingerprint density at radius 3 is 2.54 bits per heavy atom. The third kappa shape index (κ3) is 5.31. The van der Waals surface area contributed by atoms with Crippen molar-refractivity contribution in [3.8, 4) is 5.75 Å². The van der Waals surface area contributed by atoms with Gasteiger partial charge in [0.2, 0.25) is 0 Å². The van der Waals surface area contributed by atoms with E-state index >= 15 is 0 Å². The van der Waals surface area contributed by atoms with Gasteiger partial charge in [0.05, 0.1) is 7.11 Å². The van der Waals surface area contributed by atoms with E-state index in [0.717, 1.165) is 24.2 Å². The van der Waals surface area contributed by atoms with Crippen LogP contribution in [-0.2, 0) is 12.8 Å². The maximum atomic E-state index is 5.19. The molecule has 0 unspecified atom stereocenters. The lowest BCUT2D eigenvalue weighted by atomic mass is 10.0. The van der Waals surface area contributed by atoms with Crippen molar-refractivity contribution in [3.63, 3.8) is 0 Å². The van der Waals surface area contributed by atoms with E-state index in [-0.39, 0.29) is 0 Å². The van der Waals surface area contributed by atoms with Gasteiger partial charge >= 0.3 is 0 Å². The van der Waals surface area contributed by atoms with E-state index in [0.29, 0.717) is 0 Å². The molecule has 24 heavy (non-hydrogen) atoms. The number of H-pyrrole nitrogens is 1. The van der Waals surface area contributed by atoms with Crippen LogP contribution in [0.15, 0.2) is 67.4 Å². The molecule has 0 aliphatic heterocycles. The van der Waals surface area contributed by atoms with Gasteiger partial charge in [-0.2, -0.15) is 0 Å². The first-order valence-electron chi connectivity index (χ1n) is 8.42. The van der Waals surface area contributed by atoms with E-state index in [2.05, 4.69) is 55.5 Å². The second kappa shape index (κ2) is 8.97. The van der Waals surface area contributed by atoms with Crippen molar-refractivity contribution in [3.05, 3.63) is 84.2 Å². The molecule has 0 spiro atoms. The molecule has 0 saturated heterocycles. The molecule has 0 aliphatic carbocycles. The number of hydrogen-bond donors (Lipinski definition) is 1. The zero-order chi connectivity index (χ0) is 17.4. The van der Waals surface area contributed by atoms with Crippen LogP contribution in [-0.4, -0.2) is 12.1 Å². The maximum absolute atomic E-state index is 5.19. The number of aromatic nitrogens is 1. The molecule has 0 aliphatic rings. The fraction of sp³-hybridized carbons (Fsp3) is 0.273. The highest BCUT2D eigenvalue weighted by molar-refractivity contribution is 5.67. The highest BCUT2D eigenvalue weighted by atomic mass is 16.5. The standard InChI is InChI=1S/C22H27NO/c1-5-17(2)14-18(3)20-15-21(23-16-20)9-7-6-8-19-10-12-22(24-4)13-11-19/h5,10-16,23H,1-2,6-9H2,3-4H3/b18-14+. The van der Waals surface area contributed by atoms with Crippen LogP contribution < -0.4 is 4.74 Å². The number of benzene rings is 1. The maximum Gasteiger partial charge on any atom is 0.118 e. The van der Waals surface area contributed by atoms with Gasteiger partial charge in [0.15, 0.2) is 0 Å². The summed E-state index contributed by atoms with van der Waals surface area (Å²) in [5.74, 6) is 0.917. The van der Waals surface area contributed by atoms with E-state index in [4.69, 9.17) is 4.74 Å². The molecule has 2 rings (SSSR count). The van der Waals surface area contributed by atoms with E-state index in [1.807, 2.05) is 12.1 Å². The van der Waals surface area contributed by atoms with Crippen LogP contribution in [0.3, 0.4) is 0 Å². The monoisotopic (exact) mass is 321 g/mol. The zero-order valence-electron chi connectivity index (χ0n) is 14.8. The summed E-state index contributed by atoms with van der Waals surface area (Å²) in [6, 6.07) is 10.6. The summed E-state index contributed by atoms with van der Waals surface area (Å²) >= 11 is 0. The molecule has 1 aromatic heterocycles. The van der Waals surface area contributed by atoms with Crippen molar-refractivity contribution in [2.24, 2.45) is 0 Å². The molecule has 0 bridgehead atoms. The van der Waals surface area contributed by atoms with Crippen LogP contribution in [0, 0.1) is 0 Å². The Morgan fingerprint density at radius 1 is 1.17 bits per heavy atom. The van der Waals surface area contributed by atoms with Crippen molar-refractivity contribution in [1.29, 1.82) is 0 Å². The van der Waals surface area contributed by atoms with Crippen LogP contribution in [0.4, 0.5) is 0 Å². The summed E-state index contributed by atoms with van der Waals surface area (Å²) in [5, 5.41) is 0. The molecule has 1 aromatic carbocycles. The summed E-state index contributed by atoms with van der Waals surface area (Å²) in [6.07, 6.45) is 10.4. The zero-order valence-corrected chi connectivity index (χ0v) is 14.8. The smallest absolute Gasteiger partial charge is 0.118 e. The topological polar surface area (TPSA) is 25.0 Å². The van der Waals surface area contributed by atoms with Gasteiger partial charge in [-0.25, -0.2) is 0 Å². The lowest BCUT2D eigenvalue weighted by Crippen LogP contribution is -1.90. The second-order valence-electron chi connectivity index (χ2n) is 6.08. The van der Waals surface area contributed by atoms with Crippen molar-refractivity contribution >= 4 is 5.57 Å². The quantitative estimate of drug-likeness (QED) is 0.463. The van der Waals surface area contributed by atoms with E-state index < -0.39 is 0 Å². The summed E-state index contributed by atoms with van der Waals surface area (Å²) in [6.45, 7) is 9.77. The molecule has 0 saturated carbocycles. The molecule has 2 aromatic rings. The number of rotatable bonds is 9. The Hall–Kier alpha value is -2.48. The van der Waals surface area contributed by atoms with Crippen LogP contribution in [0.1, 0.15) is 36.6 Å². The lowest BCUT2D eigenvalue weighted by molar-refractivity contribution is 0.414.